The van der Waals surface area contributed by atoms with Gasteiger partial charge in [0.1, 0.15) is 0 Å². The second-order valence-corrected chi connectivity index (χ2v) is 4.45. The molecule has 0 aliphatic heterocycles. The van der Waals surface area contributed by atoms with Gasteiger partial charge in [-0.3, -0.25) is 4.79 Å². The Morgan fingerprint density at radius 2 is 1.81 bits per heavy atom. The van der Waals surface area contributed by atoms with Gasteiger partial charge in [0.25, 0.3) is 0 Å². The monoisotopic (exact) mass is 229 g/mol. The van der Waals surface area contributed by atoms with Crippen LogP contribution in [0, 0.1) is 11.3 Å². The topological polar surface area (TPSA) is 52.3 Å². The smallest absolute Gasteiger partial charge is 0.313 e. The highest BCUT2D eigenvalue weighted by Crippen LogP contribution is 2.33. The van der Waals surface area contributed by atoms with Crippen LogP contribution in [0.15, 0.2) is 0 Å². The maximum Gasteiger partial charge on any atom is 0.313 e. The summed E-state index contributed by atoms with van der Waals surface area (Å²) in [5.41, 5.74) is 5.34. The van der Waals surface area contributed by atoms with Gasteiger partial charge < -0.3 is 10.5 Å². The Balaban J connectivity index is 4.72. The molecule has 0 fully saturated rings. The van der Waals surface area contributed by atoms with E-state index in [1.807, 2.05) is 13.8 Å². The first-order valence-electron chi connectivity index (χ1n) is 6.47. The zero-order chi connectivity index (χ0) is 12.6. The van der Waals surface area contributed by atoms with Crippen molar-refractivity contribution in [3.63, 3.8) is 0 Å². The van der Waals surface area contributed by atoms with Crippen LogP contribution in [0.4, 0.5) is 0 Å². The molecule has 0 aromatic rings. The fourth-order valence-corrected chi connectivity index (χ4v) is 2.10. The number of ether oxygens (including phenoxy) is 1. The Morgan fingerprint density at radius 1 is 1.25 bits per heavy atom. The van der Waals surface area contributed by atoms with Crippen LogP contribution < -0.4 is 5.73 Å². The van der Waals surface area contributed by atoms with Gasteiger partial charge in [0, 0.05) is 6.54 Å². The summed E-state index contributed by atoms with van der Waals surface area (Å²) in [6.07, 6.45) is 3.81. The molecule has 0 aromatic carbocycles. The van der Waals surface area contributed by atoms with E-state index in [1.165, 1.54) is 0 Å². The summed E-state index contributed by atoms with van der Waals surface area (Å²) in [5.74, 6) is 0.444. The van der Waals surface area contributed by atoms with Crippen molar-refractivity contribution in [3.05, 3.63) is 0 Å². The third kappa shape index (κ3) is 3.78. The molecule has 0 rings (SSSR count). The predicted octanol–water partition coefficient (Wildman–Crippen LogP) is 2.73. The largest absolute Gasteiger partial charge is 0.466 e. The van der Waals surface area contributed by atoms with E-state index in [9.17, 15) is 4.79 Å². The Morgan fingerprint density at radius 3 is 2.12 bits per heavy atom. The molecule has 0 radical (unpaired) electrons. The predicted molar refractivity (Wildman–Crippen MR) is 67.1 cm³/mol. The lowest BCUT2D eigenvalue weighted by molar-refractivity contribution is -0.156. The van der Waals surface area contributed by atoms with Gasteiger partial charge in [0.15, 0.2) is 0 Å². The first kappa shape index (κ1) is 15.4. The van der Waals surface area contributed by atoms with Crippen molar-refractivity contribution in [2.45, 2.75) is 53.4 Å². The molecule has 0 saturated heterocycles. The van der Waals surface area contributed by atoms with Crippen LogP contribution in [-0.4, -0.2) is 19.1 Å². The van der Waals surface area contributed by atoms with E-state index in [1.54, 1.807) is 0 Å². The van der Waals surface area contributed by atoms with Crippen molar-refractivity contribution in [1.82, 2.24) is 0 Å². The van der Waals surface area contributed by atoms with E-state index in [0.717, 1.165) is 25.7 Å². The van der Waals surface area contributed by atoms with Gasteiger partial charge in [0.2, 0.25) is 0 Å². The molecule has 0 saturated carbocycles. The van der Waals surface area contributed by atoms with Gasteiger partial charge in [-0.05, 0) is 25.7 Å². The van der Waals surface area contributed by atoms with E-state index >= 15 is 0 Å². The molecule has 0 aromatic heterocycles. The molecule has 3 nitrogen and oxygen atoms in total. The lowest BCUT2D eigenvalue weighted by Crippen LogP contribution is -2.41. The van der Waals surface area contributed by atoms with Crippen LogP contribution in [0.3, 0.4) is 0 Å². The summed E-state index contributed by atoms with van der Waals surface area (Å²) in [6.45, 7) is 9.01. The fourth-order valence-electron chi connectivity index (χ4n) is 2.10. The summed E-state index contributed by atoms with van der Waals surface area (Å²) in [7, 11) is 0. The average Bonchev–Trinajstić information content (AvgIpc) is 2.32. The van der Waals surface area contributed by atoms with Crippen LogP contribution >= 0.6 is 0 Å². The van der Waals surface area contributed by atoms with Crippen LogP contribution in [-0.2, 0) is 9.53 Å². The minimum atomic E-state index is -0.466. The van der Waals surface area contributed by atoms with E-state index in [-0.39, 0.29) is 5.97 Å². The number of carbonyl (C=O) groups is 1. The zero-order valence-corrected chi connectivity index (χ0v) is 11.2. The van der Waals surface area contributed by atoms with Crippen LogP contribution in [0.1, 0.15) is 53.4 Å². The van der Waals surface area contributed by atoms with Gasteiger partial charge >= 0.3 is 5.97 Å². The Bertz CT molecular complexity index is 196. The number of nitrogens with two attached hydrogens (primary N) is 1. The summed E-state index contributed by atoms with van der Waals surface area (Å²) in [5, 5.41) is 0. The Hall–Kier alpha value is -0.570. The van der Waals surface area contributed by atoms with Crippen molar-refractivity contribution in [1.29, 1.82) is 0 Å². The number of carbonyl (C=O) groups excluding carboxylic acids is 1. The third-order valence-electron chi connectivity index (χ3n) is 3.61. The van der Waals surface area contributed by atoms with Gasteiger partial charge in [-0.25, -0.2) is 0 Å². The highest BCUT2D eigenvalue weighted by molar-refractivity contribution is 5.77. The second-order valence-electron chi connectivity index (χ2n) is 4.45. The number of rotatable bonds is 8. The molecule has 1 unspecified atom stereocenters. The van der Waals surface area contributed by atoms with Crippen molar-refractivity contribution in [2.24, 2.45) is 17.1 Å². The molecule has 0 aliphatic rings. The SMILES string of the molecule is CCOC(=O)C(CC)(CN)CC(CC)CC. The summed E-state index contributed by atoms with van der Waals surface area (Å²) in [6, 6.07) is 0. The fraction of sp³-hybridized carbons (Fsp3) is 0.923. The van der Waals surface area contributed by atoms with Gasteiger partial charge in [-0.15, -0.1) is 0 Å². The van der Waals surface area contributed by atoms with E-state index < -0.39 is 5.41 Å². The van der Waals surface area contributed by atoms with E-state index in [4.69, 9.17) is 10.5 Å². The zero-order valence-electron chi connectivity index (χ0n) is 11.2. The summed E-state index contributed by atoms with van der Waals surface area (Å²) >= 11 is 0. The molecule has 1 atom stereocenters. The molecule has 3 heteroatoms. The normalized spacial score (nSPS) is 14.9. The van der Waals surface area contributed by atoms with Gasteiger partial charge in [-0.1, -0.05) is 33.6 Å². The van der Waals surface area contributed by atoms with E-state index in [2.05, 4.69) is 13.8 Å². The molecule has 0 aliphatic carbocycles. The van der Waals surface area contributed by atoms with E-state index in [0.29, 0.717) is 19.1 Å². The maximum absolute atomic E-state index is 12.0. The highest BCUT2D eigenvalue weighted by atomic mass is 16.5. The lowest BCUT2D eigenvalue weighted by atomic mass is 9.75. The second kappa shape index (κ2) is 7.66. The van der Waals surface area contributed by atoms with Crippen molar-refractivity contribution in [2.75, 3.05) is 13.2 Å². The van der Waals surface area contributed by atoms with Crippen molar-refractivity contribution >= 4 is 5.97 Å². The number of hydrogen-bond acceptors (Lipinski definition) is 3. The van der Waals surface area contributed by atoms with Crippen LogP contribution in [0.25, 0.3) is 0 Å². The first-order chi connectivity index (χ1) is 7.60. The lowest BCUT2D eigenvalue weighted by Gasteiger charge is -2.32. The van der Waals surface area contributed by atoms with Gasteiger partial charge in [0.05, 0.1) is 12.0 Å². The highest BCUT2D eigenvalue weighted by Gasteiger charge is 2.38. The standard InChI is InChI=1S/C13H27NO2/c1-5-11(6-2)9-13(7-3,10-14)12(15)16-8-4/h11H,5-10,14H2,1-4H3. The molecule has 0 spiro atoms. The minimum Gasteiger partial charge on any atom is -0.466 e. The summed E-state index contributed by atoms with van der Waals surface area (Å²) in [4.78, 5) is 12.0. The van der Waals surface area contributed by atoms with Crippen molar-refractivity contribution < 1.29 is 9.53 Å². The Kier molecular flexibility index (Phi) is 7.39. The van der Waals surface area contributed by atoms with Gasteiger partial charge in [-0.2, -0.15) is 0 Å². The summed E-state index contributed by atoms with van der Waals surface area (Å²) < 4.78 is 5.16. The minimum absolute atomic E-state index is 0.119. The molecule has 0 amide bonds. The first-order valence-corrected chi connectivity index (χ1v) is 6.47. The molecular formula is C13H27NO2. The molecule has 0 bridgehead atoms. The molecule has 0 heterocycles. The number of hydrogen-bond donors (Lipinski definition) is 1. The molecular weight excluding hydrogens is 202 g/mol. The Labute approximate surface area is 99.7 Å². The third-order valence-corrected chi connectivity index (χ3v) is 3.61. The maximum atomic E-state index is 12.0. The molecule has 96 valence electrons. The number of esters is 1. The average molecular weight is 229 g/mol. The molecule has 2 N–H and O–H groups in total. The van der Waals surface area contributed by atoms with Crippen molar-refractivity contribution in [3.8, 4) is 0 Å². The molecule has 16 heavy (non-hydrogen) atoms. The van der Waals surface area contributed by atoms with Crippen LogP contribution in [0.5, 0.6) is 0 Å². The quantitative estimate of drug-likeness (QED) is 0.651. The van der Waals surface area contributed by atoms with Crippen LogP contribution in [0.2, 0.25) is 0 Å².